The van der Waals surface area contributed by atoms with Gasteiger partial charge >= 0.3 is 5.97 Å². The molecule has 138 valence electrons. The Hall–Kier alpha value is -2.28. The minimum absolute atomic E-state index is 0.316. The van der Waals surface area contributed by atoms with E-state index in [-0.39, 0.29) is 0 Å². The lowest BCUT2D eigenvalue weighted by atomic mass is 10.1. The maximum absolute atomic E-state index is 12.5. The van der Waals surface area contributed by atoms with E-state index in [1.807, 2.05) is 24.3 Å². The van der Waals surface area contributed by atoms with Crippen LogP contribution in [0.1, 0.15) is 31.7 Å². The molecular weight excluding hydrogens is 352 g/mol. The van der Waals surface area contributed by atoms with Crippen molar-refractivity contribution in [2.75, 3.05) is 25.1 Å². The second-order valence-electron chi connectivity index (χ2n) is 6.39. The molecule has 0 bridgehead atoms. The van der Waals surface area contributed by atoms with Crippen LogP contribution in [0.4, 0.5) is 10.5 Å². The molecule has 0 unspecified atom stereocenters. The minimum atomic E-state index is -0.931. The fourth-order valence-electron chi connectivity index (χ4n) is 3.17. The summed E-state index contributed by atoms with van der Waals surface area (Å²) in [5.41, 5.74) is 2.02. The number of carbonyl (C=O) groups excluding carboxylic acids is 3. The van der Waals surface area contributed by atoms with Crippen LogP contribution in [0.3, 0.4) is 0 Å². The summed E-state index contributed by atoms with van der Waals surface area (Å²) in [5, 5.41) is -0.455. The fraction of sp³-hybridized carbons (Fsp3) is 0.421. The monoisotopic (exact) mass is 374 g/mol. The molecule has 0 aromatic heterocycles. The molecule has 3 rings (SSSR count). The standard InChI is InChI=1S/C19H22N2O4S/c1-13(18(23)25-2)21-17(22)16(26-19(21)24)12-14-6-8-15(9-7-14)20-10-4-3-5-11-20/h6-9,12-13H,3-5,10-11H2,1-2H3/b16-12-/t13-/m0/s1. The van der Waals surface area contributed by atoms with Gasteiger partial charge in [0, 0.05) is 18.8 Å². The molecule has 1 aromatic carbocycles. The number of esters is 1. The highest BCUT2D eigenvalue weighted by molar-refractivity contribution is 8.18. The second kappa shape index (κ2) is 7.95. The Bertz CT molecular complexity index is 738. The lowest BCUT2D eigenvalue weighted by Gasteiger charge is -2.28. The van der Waals surface area contributed by atoms with Crippen molar-refractivity contribution in [2.45, 2.75) is 32.2 Å². The summed E-state index contributed by atoms with van der Waals surface area (Å²) in [6.45, 7) is 3.63. The van der Waals surface area contributed by atoms with Crippen molar-refractivity contribution in [3.63, 3.8) is 0 Å². The number of hydrogen-bond donors (Lipinski definition) is 0. The van der Waals surface area contributed by atoms with E-state index in [1.54, 1.807) is 6.08 Å². The van der Waals surface area contributed by atoms with Gasteiger partial charge in [-0.15, -0.1) is 0 Å². The Balaban J connectivity index is 1.74. The van der Waals surface area contributed by atoms with Gasteiger partial charge in [0.1, 0.15) is 6.04 Å². The molecule has 2 amide bonds. The van der Waals surface area contributed by atoms with Crippen LogP contribution in [0.5, 0.6) is 0 Å². The van der Waals surface area contributed by atoms with Crippen LogP contribution in [0, 0.1) is 0 Å². The molecule has 26 heavy (non-hydrogen) atoms. The third-order valence-corrected chi connectivity index (χ3v) is 5.55. The lowest BCUT2D eigenvalue weighted by Crippen LogP contribution is -2.42. The highest BCUT2D eigenvalue weighted by atomic mass is 32.2. The highest BCUT2D eigenvalue weighted by Crippen LogP contribution is 2.34. The Morgan fingerprint density at radius 3 is 2.42 bits per heavy atom. The Labute approximate surface area is 157 Å². The summed E-state index contributed by atoms with van der Waals surface area (Å²) in [4.78, 5) is 39.9. The van der Waals surface area contributed by atoms with E-state index in [4.69, 9.17) is 0 Å². The average molecular weight is 374 g/mol. The molecule has 2 aliphatic heterocycles. The molecule has 0 N–H and O–H groups in total. The molecule has 2 aliphatic rings. The normalized spacial score (nSPS) is 20.6. The summed E-state index contributed by atoms with van der Waals surface area (Å²) < 4.78 is 4.63. The molecule has 0 radical (unpaired) electrons. The number of imide groups is 1. The lowest BCUT2D eigenvalue weighted by molar-refractivity contribution is -0.148. The fourth-order valence-corrected chi connectivity index (χ4v) is 4.08. The van der Waals surface area contributed by atoms with Gasteiger partial charge in [-0.2, -0.15) is 0 Å². The second-order valence-corrected chi connectivity index (χ2v) is 7.38. The van der Waals surface area contributed by atoms with E-state index in [0.29, 0.717) is 4.91 Å². The smallest absolute Gasteiger partial charge is 0.328 e. The largest absolute Gasteiger partial charge is 0.467 e. The number of benzene rings is 1. The van der Waals surface area contributed by atoms with Crippen LogP contribution < -0.4 is 4.90 Å². The highest BCUT2D eigenvalue weighted by Gasteiger charge is 2.41. The van der Waals surface area contributed by atoms with Gasteiger partial charge in [0.15, 0.2) is 0 Å². The zero-order valence-corrected chi connectivity index (χ0v) is 15.8. The third-order valence-electron chi connectivity index (χ3n) is 4.67. The predicted octanol–water partition coefficient (Wildman–Crippen LogP) is 3.27. The zero-order chi connectivity index (χ0) is 18.7. The topological polar surface area (TPSA) is 66.9 Å². The predicted molar refractivity (Wildman–Crippen MR) is 102 cm³/mol. The van der Waals surface area contributed by atoms with Crippen LogP contribution >= 0.6 is 11.8 Å². The third kappa shape index (κ3) is 3.77. The minimum Gasteiger partial charge on any atom is -0.467 e. The number of ether oxygens (including phenoxy) is 1. The SMILES string of the molecule is COC(=O)[C@H](C)N1C(=O)S/C(=C\c2ccc(N3CCCCC3)cc2)C1=O. The number of hydrogen-bond acceptors (Lipinski definition) is 6. The van der Waals surface area contributed by atoms with Crippen LogP contribution in [-0.2, 0) is 14.3 Å². The number of carbonyl (C=O) groups is 3. The molecule has 7 heteroatoms. The molecular formula is C19H22N2O4S. The number of nitrogens with zero attached hydrogens (tertiary/aromatic N) is 2. The van der Waals surface area contributed by atoms with Gasteiger partial charge in [-0.05, 0) is 61.7 Å². The molecule has 0 saturated carbocycles. The van der Waals surface area contributed by atoms with Gasteiger partial charge in [-0.3, -0.25) is 14.5 Å². The van der Waals surface area contributed by atoms with E-state index in [0.717, 1.165) is 35.3 Å². The molecule has 2 fully saturated rings. The van der Waals surface area contributed by atoms with Crippen LogP contribution in [0.15, 0.2) is 29.2 Å². The van der Waals surface area contributed by atoms with Crippen molar-refractivity contribution in [1.82, 2.24) is 4.90 Å². The molecule has 0 aliphatic carbocycles. The maximum atomic E-state index is 12.5. The van der Waals surface area contributed by atoms with Crippen molar-refractivity contribution < 1.29 is 19.1 Å². The number of methoxy groups -OCH3 is 1. The number of thioether (sulfide) groups is 1. The summed E-state index contributed by atoms with van der Waals surface area (Å²) in [7, 11) is 1.23. The van der Waals surface area contributed by atoms with E-state index in [9.17, 15) is 14.4 Å². The van der Waals surface area contributed by atoms with Crippen LogP contribution in [-0.4, -0.2) is 48.3 Å². The Morgan fingerprint density at radius 2 is 1.81 bits per heavy atom. The summed E-state index contributed by atoms with van der Waals surface area (Å²) in [6.07, 6.45) is 5.41. The number of amides is 2. The van der Waals surface area contributed by atoms with Gasteiger partial charge in [-0.1, -0.05) is 12.1 Å². The number of rotatable bonds is 4. The van der Waals surface area contributed by atoms with Crippen molar-refractivity contribution >= 4 is 40.6 Å². The number of piperidine rings is 1. The van der Waals surface area contributed by atoms with E-state index in [1.165, 1.54) is 39.0 Å². The van der Waals surface area contributed by atoms with Crippen LogP contribution in [0.2, 0.25) is 0 Å². The van der Waals surface area contributed by atoms with E-state index in [2.05, 4.69) is 9.64 Å². The molecule has 1 aromatic rings. The van der Waals surface area contributed by atoms with E-state index < -0.39 is 23.2 Å². The van der Waals surface area contributed by atoms with Gasteiger partial charge < -0.3 is 9.64 Å². The van der Waals surface area contributed by atoms with Gasteiger partial charge in [0.05, 0.1) is 12.0 Å². The van der Waals surface area contributed by atoms with Gasteiger partial charge in [0.2, 0.25) is 0 Å². The number of anilines is 1. The zero-order valence-electron chi connectivity index (χ0n) is 14.9. The first-order valence-corrected chi connectivity index (χ1v) is 9.53. The quantitative estimate of drug-likeness (QED) is 0.595. The first-order chi connectivity index (χ1) is 12.5. The summed E-state index contributed by atoms with van der Waals surface area (Å²) in [5.74, 6) is -1.07. The molecule has 2 heterocycles. The van der Waals surface area contributed by atoms with Crippen molar-refractivity contribution in [1.29, 1.82) is 0 Å². The van der Waals surface area contributed by atoms with Gasteiger partial charge in [0.25, 0.3) is 11.1 Å². The maximum Gasteiger partial charge on any atom is 0.328 e. The molecule has 0 spiro atoms. The first kappa shape index (κ1) is 18.5. The van der Waals surface area contributed by atoms with Crippen molar-refractivity contribution in [2.24, 2.45) is 0 Å². The molecule has 1 atom stereocenters. The first-order valence-electron chi connectivity index (χ1n) is 8.71. The molecule has 6 nitrogen and oxygen atoms in total. The summed E-state index contributed by atoms with van der Waals surface area (Å²) in [6, 6.07) is 7.04. The van der Waals surface area contributed by atoms with Crippen molar-refractivity contribution in [3.8, 4) is 0 Å². The Morgan fingerprint density at radius 1 is 1.15 bits per heavy atom. The molecule has 2 saturated heterocycles. The van der Waals surface area contributed by atoms with E-state index >= 15 is 0 Å². The van der Waals surface area contributed by atoms with Gasteiger partial charge in [-0.25, -0.2) is 4.79 Å². The van der Waals surface area contributed by atoms with Crippen LogP contribution in [0.25, 0.3) is 6.08 Å². The van der Waals surface area contributed by atoms with Crippen molar-refractivity contribution in [3.05, 3.63) is 34.7 Å². The summed E-state index contributed by atoms with van der Waals surface area (Å²) >= 11 is 0.845. The Kier molecular flexibility index (Phi) is 5.66. The average Bonchev–Trinajstić information content (AvgIpc) is 2.95.